The first kappa shape index (κ1) is 12.5. The van der Waals surface area contributed by atoms with Gasteiger partial charge >= 0.3 is 5.97 Å². The molecule has 6 nitrogen and oxygen atoms in total. The molecule has 0 unspecified atom stereocenters. The van der Waals surface area contributed by atoms with Gasteiger partial charge in [0.15, 0.2) is 17.2 Å². The average Bonchev–Trinajstić information content (AvgIpc) is 2.36. The smallest absolute Gasteiger partial charge is 0.377 e. The number of fused-ring (bicyclic) bond motifs is 1. The van der Waals surface area contributed by atoms with E-state index in [1.165, 1.54) is 13.2 Å². The predicted octanol–water partition coefficient (Wildman–Crippen LogP) is 1.39. The highest BCUT2D eigenvalue weighted by molar-refractivity contribution is 6.43. The van der Waals surface area contributed by atoms with Crippen molar-refractivity contribution in [2.75, 3.05) is 20.3 Å². The van der Waals surface area contributed by atoms with Crippen molar-refractivity contribution in [2.45, 2.75) is 0 Å². The lowest BCUT2D eigenvalue weighted by molar-refractivity contribution is -0.131. The summed E-state index contributed by atoms with van der Waals surface area (Å²) in [5, 5.41) is 8.89. The van der Waals surface area contributed by atoms with Gasteiger partial charge in [0.05, 0.1) is 12.1 Å². The number of Topliss-reactive ketones (excluding diaryl/α,β-unsaturated/α-hetero) is 1. The first-order valence-electron chi connectivity index (χ1n) is 5.00. The molecule has 1 aliphatic heterocycles. The zero-order valence-electron chi connectivity index (χ0n) is 9.36. The summed E-state index contributed by atoms with van der Waals surface area (Å²) in [5.74, 6) is -2.53. The molecule has 0 aromatic heterocycles. The van der Waals surface area contributed by atoms with Crippen molar-refractivity contribution in [3.8, 4) is 17.2 Å². The van der Waals surface area contributed by atoms with Crippen LogP contribution >= 0.6 is 11.6 Å². The van der Waals surface area contributed by atoms with Gasteiger partial charge in [0.1, 0.15) is 18.8 Å². The Labute approximate surface area is 107 Å². The second kappa shape index (κ2) is 4.73. The fraction of sp³-hybridized carbons (Fsp3) is 0.273. The molecule has 18 heavy (non-hydrogen) atoms. The zero-order valence-corrected chi connectivity index (χ0v) is 10.1. The number of hydrogen-bond donors (Lipinski definition) is 1. The molecule has 1 aromatic rings. The Bertz CT molecular complexity index is 525. The molecule has 1 heterocycles. The highest BCUT2D eigenvalue weighted by Crippen LogP contribution is 2.44. The number of rotatable bonds is 3. The van der Waals surface area contributed by atoms with Gasteiger partial charge in [0, 0.05) is 6.07 Å². The van der Waals surface area contributed by atoms with E-state index in [4.69, 9.17) is 30.9 Å². The number of aliphatic carboxylic acids is 1. The summed E-state index contributed by atoms with van der Waals surface area (Å²) in [6, 6.07) is 1.42. The normalized spacial score (nSPS) is 13.0. The van der Waals surface area contributed by atoms with E-state index in [1.54, 1.807) is 0 Å². The third-order valence-electron chi connectivity index (χ3n) is 2.37. The number of methoxy groups -OCH3 is 1. The second-order valence-electron chi connectivity index (χ2n) is 3.43. The zero-order chi connectivity index (χ0) is 13.3. The first-order valence-corrected chi connectivity index (χ1v) is 5.37. The molecule has 0 amide bonds. The molecule has 0 aliphatic carbocycles. The molecule has 1 aromatic carbocycles. The van der Waals surface area contributed by atoms with Gasteiger partial charge in [-0.2, -0.15) is 0 Å². The van der Waals surface area contributed by atoms with Crippen LogP contribution in [0, 0.1) is 0 Å². The maximum atomic E-state index is 11.7. The number of halogens is 1. The van der Waals surface area contributed by atoms with E-state index in [1.807, 2.05) is 0 Å². The van der Waals surface area contributed by atoms with Gasteiger partial charge in [-0.05, 0) is 0 Å². The molecule has 96 valence electrons. The molecule has 7 heteroatoms. The number of carbonyl (C=O) groups is 2. The molecule has 2 rings (SSSR count). The SMILES string of the molecule is COc1c(Cl)cc2c(c1C(=O)C(=O)O)OCCO2. The lowest BCUT2D eigenvalue weighted by Gasteiger charge is -2.22. The van der Waals surface area contributed by atoms with Gasteiger partial charge < -0.3 is 19.3 Å². The van der Waals surface area contributed by atoms with Crippen LogP contribution in [0.1, 0.15) is 10.4 Å². The van der Waals surface area contributed by atoms with Gasteiger partial charge in [-0.15, -0.1) is 0 Å². The minimum atomic E-state index is -1.62. The van der Waals surface area contributed by atoms with Crippen LogP contribution in [0.25, 0.3) is 0 Å². The van der Waals surface area contributed by atoms with Gasteiger partial charge in [0.25, 0.3) is 5.78 Å². The van der Waals surface area contributed by atoms with Gasteiger partial charge in [0.2, 0.25) is 0 Å². The fourth-order valence-electron chi connectivity index (χ4n) is 1.65. The number of hydrogen-bond acceptors (Lipinski definition) is 5. The Morgan fingerprint density at radius 3 is 2.67 bits per heavy atom. The Morgan fingerprint density at radius 2 is 2.06 bits per heavy atom. The van der Waals surface area contributed by atoms with Crippen LogP contribution in [-0.2, 0) is 4.79 Å². The summed E-state index contributed by atoms with van der Waals surface area (Å²) < 4.78 is 15.5. The van der Waals surface area contributed by atoms with Crippen LogP contribution in [0.2, 0.25) is 5.02 Å². The monoisotopic (exact) mass is 272 g/mol. The third-order valence-corrected chi connectivity index (χ3v) is 2.65. The number of carbonyl (C=O) groups excluding carboxylic acids is 1. The number of ether oxygens (including phenoxy) is 3. The molecule has 0 radical (unpaired) electrons. The fourth-order valence-corrected chi connectivity index (χ4v) is 1.92. The molecule has 1 N–H and O–H groups in total. The highest BCUT2D eigenvalue weighted by Gasteiger charge is 2.31. The maximum absolute atomic E-state index is 11.7. The van der Waals surface area contributed by atoms with Crippen molar-refractivity contribution in [3.63, 3.8) is 0 Å². The minimum Gasteiger partial charge on any atom is -0.494 e. The summed E-state index contributed by atoms with van der Waals surface area (Å²) in [4.78, 5) is 22.5. The van der Waals surface area contributed by atoms with E-state index in [9.17, 15) is 9.59 Å². The van der Waals surface area contributed by atoms with Crippen molar-refractivity contribution < 1.29 is 28.9 Å². The number of ketones is 1. The Hall–Kier alpha value is -1.95. The maximum Gasteiger partial charge on any atom is 0.377 e. The molecule has 0 saturated carbocycles. The van der Waals surface area contributed by atoms with Gasteiger partial charge in [-0.3, -0.25) is 4.79 Å². The Balaban J connectivity index is 2.69. The van der Waals surface area contributed by atoms with Crippen molar-refractivity contribution in [3.05, 3.63) is 16.7 Å². The van der Waals surface area contributed by atoms with Crippen LogP contribution in [0.4, 0.5) is 0 Å². The van der Waals surface area contributed by atoms with Crippen LogP contribution in [0.15, 0.2) is 6.07 Å². The van der Waals surface area contributed by atoms with Gasteiger partial charge in [-0.25, -0.2) is 4.79 Å². The largest absolute Gasteiger partial charge is 0.494 e. The summed E-state index contributed by atoms with van der Waals surface area (Å²) >= 11 is 5.91. The van der Waals surface area contributed by atoms with E-state index in [-0.39, 0.29) is 34.4 Å². The number of carboxylic acids is 1. The Kier molecular flexibility index (Phi) is 3.29. The number of benzene rings is 1. The summed E-state index contributed by atoms with van der Waals surface area (Å²) in [7, 11) is 1.29. The lowest BCUT2D eigenvalue weighted by atomic mass is 10.1. The van der Waals surface area contributed by atoms with Crippen molar-refractivity contribution >= 4 is 23.4 Å². The molecule has 0 spiro atoms. The molecule has 0 saturated heterocycles. The van der Waals surface area contributed by atoms with E-state index in [0.29, 0.717) is 6.61 Å². The summed E-state index contributed by atoms with van der Waals surface area (Å²) in [5.41, 5.74) is -0.229. The predicted molar refractivity (Wildman–Crippen MR) is 61.0 cm³/mol. The molecular weight excluding hydrogens is 264 g/mol. The third kappa shape index (κ3) is 1.95. The van der Waals surface area contributed by atoms with E-state index in [2.05, 4.69) is 0 Å². The standard InChI is InChI=1S/C11H9ClO6/c1-16-9-5(12)4-6-10(18-3-2-17-6)7(9)8(13)11(14)15/h4H,2-3H2,1H3,(H,14,15). The second-order valence-corrected chi connectivity index (χ2v) is 3.83. The minimum absolute atomic E-state index is 0.0340. The van der Waals surface area contributed by atoms with Crippen LogP contribution in [-0.4, -0.2) is 37.2 Å². The first-order chi connectivity index (χ1) is 8.56. The van der Waals surface area contributed by atoms with Crippen LogP contribution in [0.3, 0.4) is 0 Å². The summed E-state index contributed by atoms with van der Waals surface area (Å²) in [6.45, 7) is 0.522. The molecule has 0 bridgehead atoms. The molecule has 1 aliphatic rings. The van der Waals surface area contributed by atoms with Crippen molar-refractivity contribution in [1.29, 1.82) is 0 Å². The topological polar surface area (TPSA) is 82.1 Å². The van der Waals surface area contributed by atoms with Crippen LogP contribution in [0.5, 0.6) is 17.2 Å². The van der Waals surface area contributed by atoms with E-state index in [0.717, 1.165) is 0 Å². The van der Waals surface area contributed by atoms with Gasteiger partial charge in [-0.1, -0.05) is 11.6 Å². The van der Waals surface area contributed by atoms with E-state index < -0.39 is 11.8 Å². The molecular formula is C11H9ClO6. The van der Waals surface area contributed by atoms with Crippen LogP contribution < -0.4 is 14.2 Å². The Morgan fingerprint density at radius 1 is 1.39 bits per heavy atom. The molecule has 0 fully saturated rings. The lowest BCUT2D eigenvalue weighted by Crippen LogP contribution is -2.21. The number of carboxylic acid groups (broad SMARTS) is 1. The van der Waals surface area contributed by atoms with Crippen molar-refractivity contribution in [1.82, 2.24) is 0 Å². The van der Waals surface area contributed by atoms with E-state index >= 15 is 0 Å². The molecule has 0 atom stereocenters. The summed E-state index contributed by atoms with van der Waals surface area (Å²) in [6.07, 6.45) is 0. The average molecular weight is 273 g/mol. The highest BCUT2D eigenvalue weighted by atomic mass is 35.5. The van der Waals surface area contributed by atoms with Crippen molar-refractivity contribution in [2.24, 2.45) is 0 Å². The quantitative estimate of drug-likeness (QED) is 0.661.